The minimum absolute atomic E-state index is 0.0168. The second-order valence-corrected chi connectivity index (χ2v) is 6.71. The third-order valence-corrected chi connectivity index (χ3v) is 4.53. The van der Waals surface area contributed by atoms with Crippen LogP contribution in [0.5, 0.6) is 11.5 Å². The van der Waals surface area contributed by atoms with Crippen molar-refractivity contribution >= 4 is 0 Å². The van der Waals surface area contributed by atoms with Crippen LogP contribution in [0.2, 0.25) is 0 Å². The number of hydrogen-bond acceptors (Lipinski definition) is 3. The van der Waals surface area contributed by atoms with Gasteiger partial charge in [-0.15, -0.1) is 0 Å². The number of aryl methyl sites for hydroxylation is 1. The number of benzene rings is 2. The lowest BCUT2D eigenvalue weighted by Crippen LogP contribution is -2.21. The quantitative estimate of drug-likeness (QED) is 0.507. The number of hydrogen-bond donors (Lipinski definition) is 1. The van der Waals surface area contributed by atoms with Crippen LogP contribution in [-0.4, -0.2) is 9.78 Å². The molecule has 1 N–H and O–H groups in total. The average Bonchev–Trinajstić information content (AvgIpc) is 3.08. The predicted octanol–water partition coefficient (Wildman–Crippen LogP) is 5.78. The van der Waals surface area contributed by atoms with Gasteiger partial charge in [-0.2, -0.15) is 5.10 Å². The van der Waals surface area contributed by atoms with Crippen molar-refractivity contribution in [3.63, 3.8) is 0 Å². The van der Waals surface area contributed by atoms with Crippen molar-refractivity contribution < 1.29 is 13.5 Å². The molecular weight excluding hydrogens is 360 g/mol. The van der Waals surface area contributed by atoms with E-state index >= 15 is 0 Å². The van der Waals surface area contributed by atoms with Crippen LogP contribution in [0.1, 0.15) is 49.1 Å². The molecule has 1 unspecified atom stereocenters. The smallest absolute Gasteiger partial charge is 0.267 e. The summed E-state index contributed by atoms with van der Waals surface area (Å²) in [5.41, 5.74) is 1.47. The van der Waals surface area contributed by atoms with E-state index in [9.17, 15) is 8.78 Å². The minimum atomic E-state index is -2.52. The maximum atomic E-state index is 13.2. The van der Waals surface area contributed by atoms with E-state index in [1.165, 1.54) is 10.9 Å². The highest BCUT2D eigenvalue weighted by Crippen LogP contribution is 2.26. The van der Waals surface area contributed by atoms with Gasteiger partial charge >= 0.3 is 0 Å². The van der Waals surface area contributed by atoms with Crippen LogP contribution in [0.25, 0.3) is 0 Å². The Balaban J connectivity index is 1.68. The van der Waals surface area contributed by atoms with Crippen LogP contribution >= 0.6 is 0 Å². The molecule has 0 bridgehead atoms. The lowest BCUT2D eigenvalue weighted by Gasteiger charge is -2.19. The number of ether oxygens (including phenoxy) is 1. The molecule has 28 heavy (non-hydrogen) atoms. The molecule has 148 valence electrons. The molecule has 2 aromatic carbocycles. The maximum Gasteiger partial charge on any atom is 0.267 e. The molecule has 1 aromatic heterocycles. The van der Waals surface area contributed by atoms with Crippen molar-refractivity contribution in [3.05, 3.63) is 77.6 Å². The van der Waals surface area contributed by atoms with Gasteiger partial charge in [0.15, 0.2) is 0 Å². The first-order chi connectivity index (χ1) is 13.6. The Morgan fingerprint density at radius 2 is 1.71 bits per heavy atom. The van der Waals surface area contributed by atoms with Gasteiger partial charge in [0, 0.05) is 25.8 Å². The summed E-state index contributed by atoms with van der Waals surface area (Å²) < 4.78 is 33.6. The molecule has 0 radical (unpaired) electrons. The van der Waals surface area contributed by atoms with E-state index in [-0.39, 0.29) is 11.6 Å². The van der Waals surface area contributed by atoms with Crippen LogP contribution in [0.4, 0.5) is 8.78 Å². The molecular formula is C22H25F2N3O. The molecule has 3 rings (SSSR count). The molecule has 0 aliphatic heterocycles. The zero-order valence-corrected chi connectivity index (χ0v) is 16.1. The summed E-state index contributed by atoms with van der Waals surface area (Å²) in [6, 6.07) is 17.5. The number of para-hydroxylation sites is 1. The van der Waals surface area contributed by atoms with Gasteiger partial charge in [0.2, 0.25) is 0 Å². The zero-order valence-electron chi connectivity index (χ0n) is 16.1. The van der Waals surface area contributed by atoms with Gasteiger partial charge in [-0.1, -0.05) is 43.7 Å². The number of nitrogens with one attached hydrogen (secondary N) is 1. The van der Waals surface area contributed by atoms with Crippen molar-refractivity contribution in [1.29, 1.82) is 0 Å². The molecule has 4 nitrogen and oxygen atoms in total. The molecule has 0 aliphatic carbocycles. The summed E-state index contributed by atoms with van der Waals surface area (Å²) in [6.45, 7) is 2.40. The highest BCUT2D eigenvalue weighted by molar-refractivity contribution is 5.34. The van der Waals surface area contributed by atoms with E-state index in [0.29, 0.717) is 12.2 Å². The highest BCUT2D eigenvalue weighted by atomic mass is 19.3. The first kappa shape index (κ1) is 20.0. The fraction of sp³-hybridized carbons (Fsp3) is 0.318. The van der Waals surface area contributed by atoms with E-state index in [1.807, 2.05) is 54.6 Å². The highest BCUT2D eigenvalue weighted by Gasteiger charge is 2.18. The monoisotopic (exact) mass is 385 g/mol. The standard InChI is InChI=1S/C22H25F2N3O/c1-3-7-20(25-14-21-19(22(23)24)15-27(2)26-21)16-10-12-18(13-11-16)28-17-8-5-4-6-9-17/h4-6,8-13,15,20,22,25H,3,7,14H2,1-2H3. The Hall–Kier alpha value is -2.73. The van der Waals surface area contributed by atoms with Crippen molar-refractivity contribution in [3.8, 4) is 11.5 Å². The van der Waals surface area contributed by atoms with Gasteiger partial charge in [-0.05, 0) is 36.2 Å². The SMILES string of the molecule is CCCC(NCc1nn(C)cc1C(F)F)c1ccc(Oc2ccccc2)cc1. The van der Waals surface area contributed by atoms with E-state index in [4.69, 9.17) is 4.74 Å². The van der Waals surface area contributed by atoms with E-state index in [1.54, 1.807) is 7.05 Å². The lowest BCUT2D eigenvalue weighted by molar-refractivity contribution is 0.150. The van der Waals surface area contributed by atoms with Gasteiger partial charge in [0.25, 0.3) is 6.43 Å². The van der Waals surface area contributed by atoms with E-state index in [2.05, 4.69) is 17.3 Å². The first-order valence-corrected chi connectivity index (χ1v) is 9.43. The summed E-state index contributed by atoms with van der Waals surface area (Å²) in [4.78, 5) is 0. The second-order valence-electron chi connectivity index (χ2n) is 6.71. The van der Waals surface area contributed by atoms with E-state index < -0.39 is 6.43 Å². The molecule has 0 saturated carbocycles. The minimum Gasteiger partial charge on any atom is -0.457 e. The average molecular weight is 385 g/mol. The predicted molar refractivity (Wildman–Crippen MR) is 106 cm³/mol. The molecule has 6 heteroatoms. The Kier molecular flexibility index (Phi) is 6.76. The van der Waals surface area contributed by atoms with Crippen LogP contribution in [0.3, 0.4) is 0 Å². The van der Waals surface area contributed by atoms with Gasteiger partial charge < -0.3 is 10.1 Å². The normalized spacial score (nSPS) is 12.3. The number of halogens is 2. The zero-order chi connectivity index (χ0) is 19.9. The number of aromatic nitrogens is 2. The van der Waals surface area contributed by atoms with Crippen molar-refractivity contribution in [2.45, 2.75) is 38.8 Å². The topological polar surface area (TPSA) is 39.1 Å². The van der Waals surface area contributed by atoms with Gasteiger partial charge in [-0.25, -0.2) is 8.78 Å². The Labute approximate surface area is 164 Å². The van der Waals surface area contributed by atoms with Gasteiger partial charge in [-0.3, -0.25) is 4.68 Å². The molecule has 1 atom stereocenters. The molecule has 0 saturated heterocycles. The summed E-state index contributed by atoms with van der Waals surface area (Å²) in [7, 11) is 1.66. The molecule has 1 heterocycles. The number of rotatable bonds is 9. The van der Waals surface area contributed by atoms with Crippen molar-refractivity contribution in [2.24, 2.45) is 7.05 Å². The summed E-state index contributed by atoms with van der Waals surface area (Å²) in [6.07, 6.45) is 0.732. The molecule has 0 aliphatic rings. The summed E-state index contributed by atoms with van der Waals surface area (Å²) >= 11 is 0. The maximum absolute atomic E-state index is 13.2. The van der Waals surface area contributed by atoms with Crippen molar-refractivity contribution in [1.82, 2.24) is 15.1 Å². The third-order valence-electron chi connectivity index (χ3n) is 4.53. The second kappa shape index (κ2) is 9.46. The lowest BCUT2D eigenvalue weighted by atomic mass is 10.0. The van der Waals surface area contributed by atoms with E-state index in [0.717, 1.165) is 29.9 Å². The third kappa shape index (κ3) is 5.16. The molecule has 0 amide bonds. The fourth-order valence-electron chi connectivity index (χ4n) is 3.16. The van der Waals surface area contributed by atoms with Crippen molar-refractivity contribution in [2.75, 3.05) is 0 Å². The van der Waals surface area contributed by atoms with Crippen LogP contribution in [-0.2, 0) is 13.6 Å². The Morgan fingerprint density at radius 1 is 1.04 bits per heavy atom. The fourth-order valence-corrected chi connectivity index (χ4v) is 3.16. The van der Waals surface area contributed by atoms with Crippen LogP contribution < -0.4 is 10.1 Å². The Morgan fingerprint density at radius 3 is 2.36 bits per heavy atom. The first-order valence-electron chi connectivity index (χ1n) is 9.43. The van der Waals surface area contributed by atoms with Gasteiger partial charge in [0.1, 0.15) is 11.5 Å². The van der Waals surface area contributed by atoms with Gasteiger partial charge in [0.05, 0.1) is 11.3 Å². The number of alkyl halides is 2. The molecule has 0 fully saturated rings. The summed E-state index contributed by atoms with van der Waals surface area (Å²) in [5, 5.41) is 7.55. The largest absolute Gasteiger partial charge is 0.457 e. The summed E-state index contributed by atoms with van der Waals surface area (Å²) in [5.74, 6) is 1.54. The van der Waals surface area contributed by atoms with Crippen LogP contribution in [0.15, 0.2) is 60.8 Å². The molecule has 3 aromatic rings. The molecule has 0 spiro atoms. The Bertz CT molecular complexity index is 863. The number of nitrogens with zero attached hydrogens (tertiary/aromatic N) is 2. The van der Waals surface area contributed by atoms with Crippen LogP contribution in [0, 0.1) is 0 Å².